The zero-order chi connectivity index (χ0) is 21.0. The third kappa shape index (κ3) is 5.27. The molecule has 1 fully saturated rings. The van der Waals surface area contributed by atoms with Gasteiger partial charge in [-0.15, -0.1) is 0 Å². The molecule has 2 aromatic carbocycles. The number of rotatable bonds is 6. The van der Waals surface area contributed by atoms with Gasteiger partial charge in [0.2, 0.25) is 0 Å². The van der Waals surface area contributed by atoms with Crippen LogP contribution < -0.4 is 10.0 Å². The van der Waals surface area contributed by atoms with E-state index >= 15 is 0 Å². The van der Waals surface area contributed by atoms with Gasteiger partial charge in [0.1, 0.15) is 0 Å². The zero-order valence-electron chi connectivity index (χ0n) is 15.8. The van der Waals surface area contributed by atoms with Gasteiger partial charge in [-0.1, -0.05) is 6.07 Å². The van der Waals surface area contributed by atoms with Crippen LogP contribution in [-0.4, -0.2) is 36.8 Å². The minimum absolute atomic E-state index is 0.166. The molecule has 3 rings (SSSR count). The smallest absolute Gasteiger partial charge is 0.273 e. The summed E-state index contributed by atoms with van der Waals surface area (Å²) in [6, 6.07) is 9.97. The van der Waals surface area contributed by atoms with Gasteiger partial charge < -0.3 is 5.32 Å². The van der Waals surface area contributed by atoms with Crippen molar-refractivity contribution in [2.75, 3.05) is 16.2 Å². The summed E-state index contributed by atoms with van der Waals surface area (Å²) >= 11 is 1.88. The summed E-state index contributed by atoms with van der Waals surface area (Å²) in [6.07, 6.45) is 1.88. The van der Waals surface area contributed by atoms with Crippen LogP contribution in [0.3, 0.4) is 0 Å². The first-order valence-electron chi connectivity index (χ1n) is 9.03. The molecule has 8 nitrogen and oxygen atoms in total. The second kappa shape index (κ2) is 8.83. The Morgan fingerprint density at radius 3 is 2.41 bits per heavy atom. The molecule has 0 aromatic heterocycles. The highest BCUT2D eigenvalue weighted by molar-refractivity contribution is 7.99. The van der Waals surface area contributed by atoms with Crippen LogP contribution in [-0.2, 0) is 10.0 Å². The van der Waals surface area contributed by atoms with Gasteiger partial charge in [-0.2, -0.15) is 11.8 Å². The second-order valence-electron chi connectivity index (χ2n) is 6.75. The van der Waals surface area contributed by atoms with Gasteiger partial charge in [0.15, 0.2) is 0 Å². The lowest BCUT2D eigenvalue weighted by molar-refractivity contribution is -0.385. The zero-order valence-corrected chi connectivity index (χ0v) is 17.4. The Morgan fingerprint density at radius 1 is 1.14 bits per heavy atom. The molecule has 1 aliphatic rings. The van der Waals surface area contributed by atoms with Crippen molar-refractivity contribution in [2.24, 2.45) is 0 Å². The van der Waals surface area contributed by atoms with Gasteiger partial charge in [-0.3, -0.25) is 19.6 Å². The molecular weight excluding hydrogens is 414 g/mol. The number of nitrogens with one attached hydrogen (secondary N) is 2. The largest absolute Gasteiger partial charge is 0.349 e. The lowest BCUT2D eigenvalue weighted by Crippen LogP contribution is -2.37. The van der Waals surface area contributed by atoms with E-state index in [-0.39, 0.29) is 28.2 Å². The first-order chi connectivity index (χ1) is 13.8. The first-order valence-corrected chi connectivity index (χ1v) is 11.7. The van der Waals surface area contributed by atoms with Crippen molar-refractivity contribution in [1.82, 2.24) is 5.32 Å². The maximum Gasteiger partial charge on any atom is 0.273 e. The molecule has 0 atom stereocenters. The molecule has 0 radical (unpaired) electrons. The number of aryl methyl sites for hydroxylation is 1. The molecule has 1 heterocycles. The van der Waals surface area contributed by atoms with E-state index in [1.807, 2.05) is 11.8 Å². The van der Waals surface area contributed by atoms with E-state index in [0.717, 1.165) is 30.4 Å². The molecule has 0 bridgehead atoms. The number of hydrogen-bond donors (Lipinski definition) is 2. The molecule has 2 aromatic rings. The number of hydrogen-bond acceptors (Lipinski definition) is 6. The van der Waals surface area contributed by atoms with Crippen LogP contribution in [0, 0.1) is 17.0 Å². The van der Waals surface area contributed by atoms with Gasteiger partial charge in [-0.05, 0) is 61.6 Å². The average Bonchev–Trinajstić information content (AvgIpc) is 2.69. The summed E-state index contributed by atoms with van der Waals surface area (Å²) in [6.45, 7) is 1.54. The van der Waals surface area contributed by atoms with Crippen LogP contribution in [0.1, 0.15) is 28.8 Å². The van der Waals surface area contributed by atoms with E-state index in [2.05, 4.69) is 10.0 Å². The van der Waals surface area contributed by atoms with Crippen LogP contribution in [0.2, 0.25) is 0 Å². The van der Waals surface area contributed by atoms with E-state index < -0.39 is 14.9 Å². The molecule has 0 saturated carbocycles. The molecule has 1 saturated heterocycles. The van der Waals surface area contributed by atoms with Crippen molar-refractivity contribution in [1.29, 1.82) is 0 Å². The molecule has 0 aliphatic carbocycles. The van der Waals surface area contributed by atoms with Gasteiger partial charge in [0, 0.05) is 28.9 Å². The van der Waals surface area contributed by atoms with E-state index in [4.69, 9.17) is 0 Å². The minimum Gasteiger partial charge on any atom is -0.349 e. The van der Waals surface area contributed by atoms with Crippen LogP contribution in [0.5, 0.6) is 0 Å². The lowest BCUT2D eigenvalue weighted by Gasteiger charge is -2.22. The number of carbonyl (C=O) groups is 1. The van der Waals surface area contributed by atoms with E-state index in [1.165, 1.54) is 31.2 Å². The number of anilines is 1. The van der Waals surface area contributed by atoms with E-state index in [0.29, 0.717) is 11.1 Å². The Hall–Kier alpha value is -2.59. The molecular formula is C19H21N3O5S2. The monoisotopic (exact) mass is 435 g/mol. The van der Waals surface area contributed by atoms with Crippen molar-refractivity contribution in [3.8, 4) is 0 Å². The highest BCUT2D eigenvalue weighted by Gasteiger charge is 2.20. The Balaban J connectivity index is 1.71. The highest BCUT2D eigenvalue weighted by atomic mass is 32.2. The second-order valence-corrected chi connectivity index (χ2v) is 9.66. The minimum atomic E-state index is -4.00. The van der Waals surface area contributed by atoms with Crippen molar-refractivity contribution in [3.63, 3.8) is 0 Å². The van der Waals surface area contributed by atoms with Crippen molar-refractivity contribution in [3.05, 3.63) is 63.7 Å². The predicted octanol–water partition coefficient (Wildman–Crippen LogP) is 3.33. The molecule has 1 aliphatic heterocycles. The SMILES string of the molecule is Cc1ccc(S(=O)(=O)Nc2ccc(C(=O)NC3CCSCC3)cc2)cc1[N+](=O)[O-]. The molecule has 154 valence electrons. The topological polar surface area (TPSA) is 118 Å². The Labute approximate surface area is 173 Å². The number of nitrogens with zero attached hydrogens (tertiary/aromatic N) is 1. The Morgan fingerprint density at radius 2 is 1.79 bits per heavy atom. The summed E-state index contributed by atoms with van der Waals surface area (Å²) in [5.41, 5.74) is 0.817. The fourth-order valence-electron chi connectivity index (χ4n) is 2.97. The number of benzene rings is 2. The molecule has 1 amide bonds. The summed E-state index contributed by atoms with van der Waals surface area (Å²) in [5, 5.41) is 14.1. The lowest BCUT2D eigenvalue weighted by atomic mass is 10.1. The number of amides is 1. The summed E-state index contributed by atoms with van der Waals surface area (Å²) in [7, 11) is -4.00. The fraction of sp³-hybridized carbons (Fsp3) is 0.316. The number of thioether (sulfide) groups is 1. The van der Waals surface area contributed by atoms with E-state index in [1.54, 1.807) is 12.1 Å². The number of nitro groups is 1. The van der Waals surface area contributed by atoms with Crippen molar-refractivity contribution >= 4 is 39.1 Å². The van der Waals surface area contributed by atoms with Gasteiger partial charge in [0.05, 0.1) is 9.82 Å². The summed E-state index contributed by atoms with van der Waals surface area (Å²) in [4.78, 5) is 22.6. The number of carbonyl (C=O) groups excluding carboxylic acids is 1. The predicted molar refractivity (Wildman–Crippen MR) is 113 cm³/mol. The highest BCUT2D eigenvalue weighted by Crippen LogP contribution is 2.24. The normalized spacial score (nSPS) is 14.9. The summed E-state index contributed by atoms with van der Waals surface area (Å²) < 4.78 is 27.5. The molecule has 0 spiro atoms. The molecule has 2 N–H and O–H groups in total. The summed E-state index contributed by atoms with van der Waals surface area (Å²) in [5.74, 6) is 1.87. The quantitative estimate of drug-likeness (QED) is 0.531. The maximum absolute atomic E-state index is 12.6. The van der Waals surface area contributed by atoms with Gasteiger partial charge in [-0.25, -0.2) is 8.42 Å². The van der Waals surface area contributed by atoms with Crippen LogP contribution >= 0.6 is 11.8 Å². The first kappa shape index (κ1) is 21.1. The third-order valence-electron chi connectivity index (χ3n) is 4.64. The maximum atomic E-state index is 12.6. The fourth-order valence-corrected chi connectivity index (χ4v) is 5.15. The number of nitro benzene ring substituents is 1. The average molecular weight is 436 g/mol. The van der Waals surface area contributed by atoms with Crippen LogP contribution in [0.25, 0.3) is 0 Å². The third-order valence-corrected chi connectivity index (χ3v) is 7.07. The molecule has 29 heavy (non-hydrogen) atoms. The van der Waals surface area contributed by atoms with Crippen molar-refractivity contribution < 1.29 is 18.1 Å². The molecule has 10 heteroatoms. The van der Waals surface area contributed by atoms with Gasteiger partial charge >= 0.3 is 0 Å². The van der Waals surface area contributed by atoms with Gasteiger partial charge in [0.25, 0.3) is 21.6 Å². The number of sulfonamides is 1. The Kier molecular flexibility index (Phi) is 6.43. The Bertz CT molecular complexity index is 1020. The van der Waals surface area contributed by atoms with Crippen molar-refractivity contribution in [2.45, 2.75) is 30.7 Å². The van der Waals surface area contributed by atoms with Crippen LogP contribution in [0.15, 0.2) is 47.4 Å². The van der Waals surface area contributed by atoms with Crippen LogP contribution in [0.4, 0.5) is 11.4 Å². The van der Waals surface area contributed by atoms with E-state index in [9.17, 15) is 23.3 Å². The standard InChI is InChI=1S/C19H21N3O5S2/c1-13-2-7-17(12-18(13)22(24)25)29(26,27)21-16-5-3-14(4-6-16)19(23)20-15-8-10-28-11-9-15/h2-7,12,15,21H,8-11H2,1H3,(H,20,23). The molecule has 0 unspecified atom stereocenters.